The summed E-state index contributed by atoms with van der Waals surface area (Å²) in [4.78, 5) is 8.31. The molecule has 5 nitrogen and oxygen atoms in total. The van der Waals surface area contributed by atoms with Crippen LogP contribution in [0.2, 0.25) is 0 Å². The van der Waals surface area contributed by atoms with Gasteiger partial charge < -0.3 is 15.8 Å². The first-order valence-corrected chi connectivity index (χ1v) is 5.38. The van der Waals surface area contributed by atoms with E-state index < -0.39 is 0 Å². The first kappa shape index (κ1) is 12.7. The van der Waals surface area contributed by atoms with Gasteiger partial charge in [0.15, 0.2) is 0 Å². The molecular weight excluding hydrogens is 204 g/mol. The number of hydrogen-bond acceptors (Lipinski definition) is 5. The fraction of sp³-hybridized carbons (Fsp3) is 0.636. The first-order valence-electron chi connectivity index (χ1n) is 5.38. The van der Waals surface area contributed by atoms with Gasteiger partial charge in [0, 0.05) is 12.1 Å². The molecule has 0 saturated heterocycles. The zero-order chi connectivity index (χ0) is 12.2. The minimum absolute atomic E-state index is 0.0931. The van der Waals surface area contributed by atoms with Crippen LogP contribution in [0.25, 0.3) is 0 Å². The molecule has 0 fully saturated rings. The zero-order valence-electron chi connectivity index (χ0n) is 10.3. The van der Waals surface area contributed by atoms with Gasteiger partial charge in [-0.05, 0) is 27.7 Å². The number of rotatable bonds is 5. The zero-order valence-corrected chi connectivity index (χ0v) is 10.3. The van der Waals surface area contributed by atoms with Crippen molar-refractivity contribution in [3.8, 4) is 5.88 Å². The van der Waals surface area contributed by atoms with Gasteiger partial charge in [0.1, 0.15) is 5.82 Å². The molecule has 16 heavy (non-hydrogen) atoms. The SMILES string of the molecule is CC(C)Oc1cncc(NCC(C)(C)N)n1. The van der Waals surface area contributed by atoms with Crippen LogP contribution < -0.4 is 15.8 Å². The van der Waals surface area contributed by atoms with Gasteiger partial charge in [-0.3, -0.25) is 4.98 Å². The molecule has 5 heteroatoms. The Labute approximate surface area is 96.4 Å². The summed E-state index contributed by atoms with van der Waals surface area (Å²) in [6, 6.07) is 0. The van der Waals surface area contributed by atoms with Gasteiger partial charge >= 0.3 is 0 Å². The molecule has 0 bridgehead atoms. The second kappa shape index (κ2) is 5.12. The van der Waals surface area contributed by atoms with Crippen molar-refractivity contribution in [3.63, 3.8) is 0 Å². The molecule has 1 heterocycles. The Hall–Kier alpha value is -1.36. The van der Waals surface area contributed by atoms with Crippen molar-refractivity contribution in [2.45, 2.75) is 39.3 Å². The third-order valence-electron chi connectivity index (χ3n) is 1.69. The van der Waals surface area contributed by atoms with E-state index in [4.69, 9.17) is 10.5 Å². The summed E-state index contributed by atoms with van der Waals surface area (Å²) < 4.78 is 5.44. The van der Waals surface area contributed by atoms with Crippen molar-refractivity contribution in [3.05, 3.63) is 12.4 Å². The smallest absolute Gasteiger partial charge is 0.234 e. The third-order valence-corrected chi connectivity index (χ3v) is 1.69. The summed E-state index contributed by atoms with van der Waals surface area (Å²) in [6.07, 6.45) is 3.34. The maximum absolute atomic E-state index is 5.86. The number of ether oxygens (including phenoxy) is 1. The summed E-state index contributed by atoms with van der Waals surface area (Å²) in [5.41, 5.74) is 5.58. The van der Waals surface area contributed by atoms with E-state index in [0.29, 0.717) is 18.2 Å². The van der Waals surface area contributed by atoms with E-state index >= 15 is 0 Å². The van der Waals surface area contributed by atoms with E-state index in [0.717, 1.165) is 0 Å². The van der Waals surface area contributed by atoms with Crippen molar-refractivity contribution in [1.29, 1.82) is 0 Å². The van der Waals surface area contributed by atoms with E-state index in [1.807, 2.05) is 27.7 Å². The summed E-state index contributed by atoms with van der Waals surface area (Å²) in [5, 5.41) is 3.12. The fourth-order valence-corrected chi connectivity index (χ4v) is 1.05. The lowest BCUT2D eigenvalue weighted by atomic mass is 10.1. The quantitative estimate of drug-likeness (QED) is 0.791. The monoisotopic (exact) mass is 224 g/mol. The fourth-order valence-electron chi connectivity index (χ4n) is 1.05. The molecule has 1 rings (SSSR count). The van der Waals surface area contributed by atoms with Crippen LogP contribution >= 0.6 is 0 Å². The highest BCUT2D eigenvalue weighted by molar-refractivity contribution is 5.33. The summed E-state index contributed by atoms with van der Waals surface area (Å²) in [7, 11) is 0. The lowest BCUT2D eigenvalue weighted by Gasteiger charge is -2.19. The number of nitrogens with one attached hydrogen (secondary N) is 1. The van der Waals surface area contributed by atoms with Crippen LogP contribution in [-0.2, 0) is 0 Å². The Morgan fingerprint density at radius 1 is 1.44 bits per heavy atom. The standard InChI is InChI=1S/C11H20N4O/c1-8(2)16-10-6-13-5-9(15-10)14-7-11(3,4)12/h5-6,8H,7,12H2,1-4H3,(H,14,15). The van der Waals surface area contributed by atoms with Gasteiger partial charge in [0.05, 0.1) is 18.5 Å². The minimum atomic E-state index is -0.281. The Morgan fingerprint density at radius 2 is 2.12 bits per heavy atom. The van der Waals surface area contributed by atoms with Gasteiger partial charge in [-0.25, -0.2) is 0 Å². The highest BCUT2D eigenvalue weighted by Crippen LogP contribution is 2.11. The van der Waals surface area contributed by atoms with Gasteiger partial charge in [-0.1, -0.05) is 0 Å². The van der Waals surface area contributed by atoms with Crippen LogP contribution in [0.4, 0.5) is 5.82 Å². The third kappa shape index (κ3) is 4.93. The van der Waals surface area contributed by atoms with E-state index in [1.165, 1.54) is 0 Å². The Bertz CT molecular complexity index is 333. The topological polar surface area (TPSA) is 73.1 Å². The molecule has 0 aliphatic rings. The molecule has 0 atom stereocenters. The molecule has 3 N–H and O–H groups in total. The van der Waals surface area contributed by atoms with Crippen LogP contribution in [-0.4, -0.2) is 28.2 Å². The van der Waals surface area contributed by atoms with E-state index in [1.54, 1.807) is 12.4 Å². The van der Waals surface area contributed by atoms with Gasteiger partial charge in [0.2, 0.25) is 5.88 Å². The van der Waals surface area contributed by atoms with Gasteiger partial charge in [-0.15, -0.1) is 0 Å². The summed E-state index contributed by atoms with van der Waals surface area (Å²) in [5.74, 6) is 1.20. The number of hydrogen-bond donors (Lipinski definition) is 2. The van der Waals surface area contributed by atoms with E-state index in [2.05, 4.69) is 15.3 Å². The Kier molecular flexibility index (Phi) is 4.06. The molecule has 90 valence electrons. The van der Waals surface area contributed by atoms with Crippen molar-refractivity contribution >= 4 is 5.82 Å². The molecule has 0 aliphatic heterocycles. The Morgan fingerprint density at radius 3 is 2.69 bits per heavy atom. The maximum Gasteiger partial charge on any atom is 0.234 e. The lowest BCUT2D eigenvalue weighted by molar-refractivity contribution is 0.232. The van der Waals surface area contributed by atoms with Crippen LogP contribution in [0.5, 0.6) is 5.88 Å². The van der Waals surface area contributed by atoms with Gasteiger partial charge in [0.25, 0.3) is 0 Å². The molecule has 0 aliphatic carbocycles. The highest BCUT2D eigenvalue weighted by Gasteiger charge is 2.10. The number of nitrogens with zero attached hydrogens (tertiary/aromatic N) is 2. The average Bonchev–Trinajstić information content (AvgIpc) is 2.13. The second-order valence-corrected chi connectivity index (χ2v) is 4.75. The molecular formula is C11H20N4O. The molecule has 0 radical (unpaired) electrons. The molecule has 1 aromatic heterocycles. The van der Waals surface area contributed by atoms with E-state index in [9.17, 15) is 0 Å². The van der Waals surface area contributed by atoms with Crippen LogP contribution in [0.3, 0.4) is 0 Å². The molecule has 1 aromatic rings. The van der Waals surface area contributed by atoms with Crippen LogP contribution in [0, 0.1) is 0 Å². The number of nitrogens with two attached hydrogens (primary N) is 1. The van der Waals surface area contributed by atoms with E-state index in [-0.39, 0.29) is 11.6 Å². The minimum Gasteiger partial charge on any atom is -0.474 e. The van der Waals surface area contributed by atoms with Crippen LogP contribution in [0.1, 0.15) is 27.7 Å². The van der Waals surface area contributed by atoms with Gasteiger partial charge in [-0.2, -0.15) is 4.98 Å². The predicted octanol–water partition coefficient (Wildman–Crippen LogP) is 1.41. The van der Waals surface area contributed by atoms with Crippen molar-refractivity contribution < 1.29 is 4.74 Å². The van der Waals surface area contributed by atoms with Crippen molar-refractivity contribution in [1.82, 2.24) is 9.97 Å². The maximum atomic E-state index is 5.86. The summed E-state index contributed by atoms with van der Waals surface area (Å²) >= 11 is 0. The first-order chi connectivity index (χ1) is 7.37. The van der Waals surface area contributed by atoms with Crippen molar-refractivity contribution in [2.24, 2.45) is 5.73 Å². The normalized spacial score (nSPS) is 11.6. The second-order valence-electron chi connectivity index (χ2n) is 4.75. The Balaban J connectivity index is 2.60. The number of aromatic nitrogens is 2. The van der Waals surface area contributed by atoms with Crippen molar-refractivity contribution in [2.75, 3.05) is 11.9 Å². The predicted molar refractivity (Wildman–Crippen MR) is 64.6 cm³/mol. The molecule has 0 aromatic carbocycles. The van der Waals surface area contributed by atoms with Crippen LogP contribution in [0.15, 0.2) is 12.4 Å². The largest absolute Gasteiger partial charge is 0.474 e. The molecule has 0 unspecified atom stereocenters. The lowest BCUT2D eigenvalue weighted by Crippen LogP contribution is -2.39. The average molecular weight is 224 g/mol. The molecule has 0 spiro atoms. The molecule has 0 saturated carbocycles. The summed E-state index contributed by atoms with van der Waals surface area (Å²) in [6.45, 7) is 8.42. The number of anilines is 1. The highest BCUT2D eigenvalue weighted by atomic mass is 16.5. The molecule has 0 amide bonds.